The summed E-state index contributed by atoms with van der Waals surface area (Å²) in [4.78, 5) is 1.45. The molecule has 0 unspecified atom stereocenters. The molecule has 1 heterocycles. The lowest BCUT2D eigenvalue weighted by Gasteiger charge is -2.03. The van der Waals surface area contributed by atoms with Crippen LogP contribution in [0.2, 0.25) is 0 Å². The number of tetrazole rings is 1. The third-order valence-electron chi connectivity index (χ3n) is 2.83. The van der Waals surface area contributed by atoms with Crippen LogP contribution in [0.25, 0.3) is 11.4 Å². The highest BCUT2D eigenvalue weighted by molar-refractivity contribution is 9.10. The molecule has 2 aromatic carbocycles. The molecule has 0 bridgehead atoms. The van der Waals surface area contributed by atoms with Gasteiger partial charge in [-0.1, -0.05) is 42.5 Å². The quantitative estimate of drug-likeness (QED) is 0.739. The van der Waals surface area contributed by atoms with Gasteiger partial charge in [0, 0.05) is 5.56 Å². The molecule has 4 nitrogen and oxygen atoms in total. The van der Waals surface area contributed by atoms with Gasteiger partial charge in [-0.25, -0.2) is 4.39 Å². The maximum atomic E-state index is 13.4. The van der Waals surface area contributed by atoms with E-state index in [2.05, 4.69) is 31.3 Å². The Bertz CT molecular complexity index is 727. The van der Waals surface area contributed by atoms with Gasteiger partial charge in [0.25, 0.3) is 0 Å². The molecule has 0 N–H and O–H groups in total. The van der Waals surface area contributed by atoms with Crippen LogP contribution in [-0.4, -0.2) is 20.2 Å². The van der Waals surface area contributed by atoms with Gasteiger partial charge < -0.3 is 0 Å². The van der Waals surface area contributed by atoms with Crippen LogP contribution in [0.5, 0.6) is 0 Å². The van der Waals surface area contributed by atoms with E-state index >= 15 is 0 Å². The van der Waals surface area contributed by atoms with Crippen molar-refractivity contribution in [3.63, 3.8) is 0 Å². The second-order valence-electron chi connectivity index (χ2n) is 4.22. The van der Waals surface area contributed by atoms with Crippen LogP contribution >= 0.6 is 15.9 Å². The summed E-state index contributed by atoms with van der Waals surface area (Å²) in [5.74, 6) is 0.254. The predicted octanol–water partition coefficient (Wildman–Crippen LogP) is 3.29. The van der Waals surface area contributed by atoms with E-state index in [4.69, 9.17) is 0 Å². The largest absolute Gasteiger partial charge is 0.206 e. The van der Waals surface area contributed by atoms with Crippen molar-refractivity contribution in [2.24, 2.45) is 0 Å². The number of benzene rings is 2. The van der Waals surface area contributed by atoms with Crippen LogP contribution in [0.3, 0.4) is 0 Å². The fourth-order valence-electron chi connectivity index (χ4n) is 1.84. The van der Waals surface area contributed by atoms with E-state index in [0.717, 1.165) is 11.1 Å². The Labute approximate surface area is 123 Å². The molecule has 1 aromatic heterocycles. The molecule has 0 saturated heterocycles. The lowest BCUT2D eigenvalue weighted by atomic mass is 10.2. The molecular weight excluding hydrogens is 323 g/mol. The maximum Gasteiger partial charge on any atom is 0.204 e. The van der Waals surface area contributed by atoms with Gasteiger partial charge in [0.05, 0.1) is 11.0 Å². The lowest BCUT2D eigenvalue weighted by molar-refractivity contribution is 0.563. The number of nitrogens with zero attached hydrogens (tertiary/aromatic N) is 4. The van der Waals surface area contributed by atoms with Crippen molar-refractivity contribution in [1.82, 2.24) is 20.2 Å². The van der Waals surface area contributed by atoms with E-state index in [0.29, 0.717) is 16.8 Å². The average molecular weight is 333 g/mol. The van der Waals surface area contributed by atoms with Crippen molar-refractivity contribution in [3.8, 4) is 11.4 Å². The third kappa shape index (κ3) is 2.60. The van der Waals surface area contributed by atoms with Gasteiger partial charge in [0.2, 0.25) is 5.82 Å². The summed E-state index contributed by atoms with van der Waals surface area (Å²) < 4.78 is 13.9. The first-order chi connectivity index (χ1) is 9.74. The topological polar surface area (TPSA) is 43.6 Å². The lowest BCUT2D eigenvalue weighted by Crippen LogP contribution is -2.05. The minimum Gasteiger partial charge on any atom is -0.206 e. The highest BCUT2D eigenvalue weighted by Gasteiger charge is 2.09. The van der Waals surface area contributed by atoms with E-state index in [1.807, 2.05) is 36.4 Å². The number of hydrogen-bond donors (Lipinski definition) is 0. The zero-order valence-corrected chi connectivity index (χ0v) is 12.0. The first-order valence-corrected chi connectivity index (χ1v) is 6.79. The Morgan fingerprint density at radius 2 is 1.85 bits per heavy atom. The summed E-state index contributed by atoms with van der Waals surface area (Å²) in [6, 6.07) is 14.5. The van der Waals surface area contributed by atoms with Crippen molar-refractivity contribution < 1.29 is 4.39 Å². The smallest absolute Gasteiger partial charge is 0.204 e. The Morgan fingerprint density at radius 1 is 1.05 bits per heavy atom. The zero-order valence-electron chi connectivity index (χ0n) is 10.4. The van der Waals surface area contributed by atoms with Gasteiger partial charge in [-0.3, -0.25) is 0 Å². The number of halogens is 2. The van der Waals surface area contributed by atoms with E-state index in [9.17, 15) is 4.39 Å². The number of aromatic nitrogens is 4. The molecule has 0 aliphatic heterocycles. The van der Waals surface area contributed by atoms with E-state index < -0.39 is 0 Å². The molecule has 0 saturated carbocycles. The van der Waals surface area contributed by atoms with Gasteiger partial charge in [0.1, 0.15) is 5.82 Å². The van der Waals surface area contributed by atoms with Gasteiger partial charge in [0.15, 0.2) is 0 Å². The molecule has 0 aliphatic carbocycles. The van der Waals surface area contributed by atoms with E-state index in [1.165, 1.54) is 10.9 Å². The molecule has 0 spiro atoms. The van der Waals surface area contributed by atoms with Crippen LogP contribution in [-0.2, 0) is 6.54 Å². The van der Waals surface area contributed by atoms with Crippen molar-refractivity contribution in [2.45, 2.75) is 6.54 Å². The Balaban J connectivity index is 1.86. The summed E-state index contributed by atoms with van der Waals surface area (Å²) in [5, 5.41) is 12.3. The van der Waals surface area contributed by atoms with Gasteiger partial charge in [-0.05, 0) is 32.8 Å². The fraction of sp³-hybridized carbons (Fsp3) is 0.0714. The predicted molar refractivity (Wildman–Crippen MR) is 76.5 cm³/mol. The summed E-state index contributed by atoms with van der Waals surface area (Å²) in [6.07, 6.45) is 0. The second-order valence-corrected chi connectivity index (χ2v) is 5.02. The Kier molecular flexibility index (Phi) is 3.56. The normalized spacial score (nSPS) is 10.7. The highest BCUT2D eigenvalue weighted by atomic mass is 79.9. The summed E-state index contributed by atoms with van der Waals surface area (Å²) in [6.45, 7) is 0.359. The standard InChI is InChI=1S/C14H10BrFN4/c15-13-11(7-4-8-12(13)16)9-20-18-14(17-19-20)10-5-2-1-3-6-10/h1-8H,9H2. The minimum atomic E-state index is -0.300. The minimum absolute atomic E-state index is 0.300. The van der Waals surface area contributed by atoms with Crippen LogP contribution in [0, 0.1) is 5.82 Å². The summed E-state index contributed by atoms with van der Waals surface area (Å²) in [5.41, 5.74) is 1.67. The van der Waals surface area contributed by atoms with Crippen LogP contribution in [0.1, 0.15) is 5.56 Å². The van der Waals surface area contributed by atoms with E-state index in [1.54, 1.807) is 6.07 Å². The molecule has 3 rings (SSSR count). The first-order valence-electron chi connectivity index (χ1n) is 6.00. The van der Waals surface area contributed by atoms with Crippen molar-refractivity contribution in [2.75, 3.05) is 0 Å². The van der Waals surface area contributed by atoms with Crippen LogP contribution < -0.4 is 0 Å². The molecule has 100 valence electrons. The van der Waals surface area contributed by atoms with Crippen molar-refractivity contribution >= 4 is 15.9 Å². The molecule has 0 fully saturated rings. The molecule has 20 heavy (non-hydrogen) atoms. The molecule has 0 radical (unpaired) electrons. The van der Waals surface area contributed by atoms with Crippen LogP contribution in [0.15, 0.2) is 53.0 Å². The monoisotopic (exact) mass is 332 g/mol. The first kappa shape index (κ1) is 12.9. The van der Waals surface area contributed by atoms with Gasteiger partial charge in [-0.2, -0.15) is 4.80 Å². The summed E-state index contributed by atoms with van der Waals surface area (Å²) >= 11 is 3.23. The van der Waals surface area contributed by atoms with Crippen LogP contribution in [0.4, 0.5) is 4.39 Å². The molecule has 0 amide bonds. The fourth-order valence-corrected chi connectivity index (χ4v) is 2.23. The third-order valence-corrected chi connectivity index (χ3v) is 3.72. The number of hydrogen-bond acceptors (Lipinski definition) is 3. The summed E-state index contributed by atoms with van der Waals surface area (Å²) in [7, 11) is 0. The zero-order chi connectivity index (χ0) is 13.9. The Morgan fingerprint density at radius 3 is 2.65 bits per heavy atom. The van der Waals surface area contributed by atoms with Gasteiger partial charge >= 0.3 is 0 Å². The Hall–Kier alpha value is -2.08. The molecule has 0 atom stereocenters. The van der Waals surface area contributed by atoms with Gasteiger partial charge in [-0.15, -0.1) is 10.2 Å². The maximum absolute atomic E-state index is 13.4. The molecule has 6 heteroatoms. The SMILES string of the molecule is Fc1cccc(Cn2nnc(-c3ccccc3)n2)c1Br. The number of rotatable bonds is 3. The highest BCUT2D eigenvalue weighted by Crippen LogP contribution is 2.21. The molecule has 3 aromatic rings. The average Bonchev–Trinajstić information content (AvgIpc) is 2.93. The van der Waals surface area contributed by atoms with E-state index in [-0.39, 0.29) is 5.82 Å². The van der Waals surface area contributed by atoms with Crippen molar-refractivity contribution in [1.29, 1.82) is 0 Å². The second kappa shape index (κ2) is 5.50. The van der Waals surface area contributed by atoms with Crippen molar-refractivity contribution in [3.05, 3.63) is 64.4 Å². The molecule has 0 aliphatic rings. The molecular formula is C14H10BrFN4.